The van der Waals surface area contributed by atoms with Crippen LogP contribution in [-0.2, 0) is 9.47 Å². The summed E-state index contributed by atoms with van der Waals surface area (Å²) >= 11 is 0. The molecule has 1 saturated heterocycles. The van der Waals surface area contributed by atoms with E-state index in [9.17, 15) is 9.90 Å². The molecule has 3 aromatic rings. The summed E-state index contributed by atoms with van der Waals surface area (Å²) in [6.07, 6.45) is -1.19. The van der Waals surface area contributed by atoms with Crippen LogP contribution in [-0.4, -0.2) is 30.8 Å². The Labute approximate surface area is 157 Å². The molecule has 1 unspecified atom stereocenters. The van der Waals surface area contributed by atoms with Crippen molar-refractivity contribution in [2.24, 2.45) is 0 Å². The molecule has 2 N–H and O–H groups in total. The molecular weight excluding hydrogens is 342 g/mol. The summed E-state index contributed by atoms with van der Waals surface area (Å²) in [6.45, 7) is 1.25. The van der Waals surface area contributed by atoms with Gasteiger partial charge in [0.05, 0.1) is 19.3 Å². The van der Waals surface area contributed by atoms with Crippen molar-refractivity contribution in [3.8, 4) is 0 Å². The molecule has 3 aromatic carbocycles. The first-order valence-electron chi connectivity index (χ1n) is 8.99. The average Bonchev–Trinajstić information content (AvgIpc) is 3.26. The van der Waals surface area contributed by atoms with Crippen molar-refractivity contribution in [3.05, 3.63) is 83.4 Å². The summed E-state index contributed by atoms with van der Waals surface area (Å²) in [7, 11) is 0. The monoisotopic (exact) mass is 363 g/mol. The molecule has 0 bridgehead atoms. The molecule has 1 heterocycles. The lowest BCUT2D eigenvalue weighted by Crippen LogP contribution is -2.28. The van der Waals surface area contributed by atoms with Gasteiger partial charge in [-0.3, -0.25) is 4.79 Å². The van der Waals surface area contributed by atoms with Crippen LogP contribution in [0, 0.1) is 0 Å². The van der Waals surface area contributed by atoms with Crippen LogP contribution in [0.4, 0.5) is 0 Å². The highest BCUT2D eigenvalue weighted by Gasteiger charge is 2.19. The maximum absolute atomic E-state index is 12.5. The summed E-state index contributed by atoms with van der Waals surface area (Å²) in [5.74, 6) is -0.241. The van der Waals surface area contributed by atoms with Gasteiger partial charge in [-0.25, -0.2) is 0 Å². The number of hydrogen-bond donors (Lipinski definition) is 2. The van der Waals surface area contributed by atoms with E-state index in [0.29, 0.717) is 18.8 Å². The van der Waals surface area contributed by atoms with Crippen LogP contribution in [0.3, 0.4) is 0 Å². The van der Waals surface area contributed by atoms with Gasteiger partial charge >= 0.3 is 0 Å². The zero-order valence-corrected chi connectivity index (χ0v) is 14.8. The molecule has 1 amide bonds. The van der Waals surface area contributed by atoms with Crippen molar-refractivity contribution in [2.75, 3.05) is 19.8 Å². The Morgan fingerprint density at radius 1 is 1.00 bits per heavy atom. The Morgan fingerprint density at radius 2 is 1.78 bits per heavy atom. The minimum absolute atomic E-state index is 0.137. The average molecular weight is 363 g/mol. The summed E-state index contributed by atoms with van der Waals surface area (Å²) in [6, 6.07) is 20.9. The second kappa shape index (κ2) is 7.88. The first-order chi connectivity index (χ1) is 13.2. The molecular formula is C22H21NO4. The third-order valence-corrected chi connectivity index (χ3v) is 4.66. The molecule has 0 radical (unpaired) electrons. The first kappa shape index (κ1) is 17.7. The molecule has 1 fully saturated rings. The second-order valence-electron chi connectivity index (χ2n) is 6.53. The fraction of sp³-hybridized carbons (Fsp3) is 0.227. The molecule has 1 atom stereocenters. The van der Waals surface area contributed by atoms with Gasteiger partial charge in [-0.05, 0) is 34.5 Å². The fourth-order valence-corrected chi connectivity index (χ4v) is 3.20. The molecule has 27 heavy (non-hydrogen) atoms. The third-order valence-electron chi connectivity index (χ3n) is 4.66. The molecule has 138 valence electrons. The van der Waals surface area contributed by atoms with Crippen molar-refractivity contribution in [3.63, 3.8) is 0 Å². The van der Waals surface area contributed by atoms with Crippen LogP contribution in [0.2, 0.25) is 0 Å². The second-order valence-corrected chi connectivity index (χ2v) is 6.53. The minimum Gasteiger partial charge on any atom is -0.387 e. The Bertz CT molecular complexity index is 950. The zero-order valence-electron chi connectivity index (χ0n) is 14.8. The number of amides is 1. The predicted molar refractivity (Wildman–Crippen MR) is 102 cm³/mol. The highest BCUT2D eigenvalue weighted by Crippen LogP contribution is 2.24. The Hall–Kier alpha value is -2.73. The molecule has 0 aliphatic carbocycles. The number of carbonyl (C=O) groups excluding carboxylic acids is 1. The smallest absolute Gasteiger partial charge is 0.251 e. The van der Waals surface area contributed by atoms with Crippen molar-refractivity contribution in [2.45, 2.75) is 12.4 Å². The van der Waals surface area contributed by atoms with Gasteiger partial charge in [0.1, 0.15) is 0 Å². The fourth-order valence-electron chi connectivity index (χ4n) is 3.20. The van der Waals surface area contributed by atoms with Crippen molar-refractivity contribution >= 4 is 16.7 Å². The maximum atomic E-state index is 12.5. The number of fused-ring (bicyclic) bond motifs is 1. The minimum atomic E-state index is -0.775. The van der Waals surface area contributed by atoms with Gasteiger partial charge in [0.25, 0.3) is 5.91 Å². The topological polar surface area (TPSA) is 67.8 Å². The summed E-state index contributed by atoms with van der Waals surface area (Å²) in [5, 5.41) is 15.4. The standard InChI is InChI=1S/C22H21NO4/c24-20(17-9-8-15-4-1-2-5-16(15)12-17)14-23-21(25)18-6-3-7-19(13-18)22-26-10-11-27-22/h1-9,12-13,20,22,24H,10-11,14H2,(H,23,25). The van der Waals surface area contributed by atoms with Crippen molar-refractivity contribution < 1.29 is 19.4 Å². The van der Waals surface area contributed by atoms with Crippen LogP contribution in [0.15, 0.2) is 66.7 Å². The molecule has 4 rings (SSSR count). The lowest BCUT2D eigenvalue weighted by atomic mass is 10.0. The number of benzene rings is 3. The van der Waals surface area contributed by atoms with E-state index < -0.39 is 12.4 Å². The highest BCUT2D eigenvalue weighted by atomic mass is 16.7. The highest BCUT2D eigenvalue weighted by molar-refractivity contribution is 5.94. The Morgan fingerprint density at radius 3 is 2.59 bits per heavy atom. The van der Waals surface area contributed by atoms with Gasteiger partial charge < -0.3 is 19.9 Å². The van der Waals surface area contributed by atoms with Crippen molar-refractivity contribution in [1.29, 1.82) is 0 Å². The lowest BCUT2D eigenvalue weighted by molar-refractivity contribution is -0.0441. The van der Waals surface area contributed by atoms with Crippen molar-refractivity contribution in [1.82, 2.24) is 5.32 Å². The molecule has 0 aromatic heterocycles. The zero-order chi connectivity index (χ0) is 18.6. The Balaban J connectivity index is 1.41. The summed E-state index contributed by atoms with van der Waals surface area (Å²) in [4.78, 5) is 12.5. The molecule has 0 saturated carbocycles. The molecule has 1 aliphatic rings. The van der Waals surface area contributed by atoms with E-state index in [1.165, 1.54) is 0 Å². The molecule has 5 nitrogen and oxygen atoms in total. The quantitative estimate of drug-likeness (QED) is 0.729. The van der Waals surface area contributed by atoms with E-state index in [0.717, 1.165) is 21.9 Å². The number of aliphatic hydroxyl groups is 1. The van der Waals surface area contributed by atoms with E-state index in [-0.39, 0.29) is 12.5 Å². The van der Waals surface area contributed by atoms with Gasteiger partial charge in [-0.2, -0.15) is 0 Å². The summed E-state index contributed by atoms with van der Waals surface area (Å²) < 4.78 is 10.9. The van der Waals surface area contributed by atoms with E-state index in [1.807, 2.05) is 48.5 Å². The van der Waals surface area contributed by atoms with Gasteiger partial charge in [0.15, 0.2) is 6.29 Å². The van der Waals surface area contributed by atoms with Gasteiger partial charge in [0, 0.05) is 17.7 Å². The van der Waals surface area contributed by atoms with Crippen LogP contribution in [0.5, 0.6) is 0 Å². The van der Waals surface area contributed by atoms with Gasteiger partial charge in [-0.15, -0.1) is 0 Å². The third kappa shape index (κ3) is 4.01. The van der Waals surface area contributed by atoms with E-state index >= 15 is 0 Å². The first-order valence-corrected chi connectivity index (χ1v) is 8.99. The number of carbonyl (C=O) groups is 1. The number of nitrogens with one attached hydrogen (secondary N) is 1. The number of hydrogen-bond acceptors (Lipinski definition) is 4. The molecule has 1 aliphatic heterocycles. The maximum Gasteiger partial charge on any atom is 0.251 e. The largest absolute Gasteiger partial charge is 0.387 e. The Kier molecular flexibility index (Phi) is 5.16. The molecule has 0 spiro atoms. The van der Waals surface area contributed by atoms with E-state index in [1.54, 1.807) is 18.2 Å². The van der Waals surface area contributed by atoms with Gasteiger partial charge in [-0.1, -0.05) is 48.5 Å². The normalized spacial score (nSPS) is 15.7. The van der Waals surface area contributed by atoms with Crippen LogP contribution in [0.25, 0.3) is 10.8 Å². The SMILES string of the molecule is O=C(NCC(O)c1ccc2ccccc2c1)c1cccc(C2OCCO2)c1. The number of ether oxygens (including phenoxy) is 2. The van der Waals surface area contributed by atoms with E-state index in [4.69, 9.17) is 9.47 Å². The van der Waals surface area contributed by atoms with Gasteiger partial charge in [0.2, 0.25) is 0 Å². The number of aliphatic hydroxyl groups excluding tert-OH is 1. The number of rotatable bonds is 5. The van der Waals surface area contributed by atoms with E-state index in [2.05, 4.69) is 5.32 Å². The lowest BCUT2D eigenvalue weighted by Gasteiger charge is -2.14. The molecule has 5 heteroatoms. The van der Waals surface area contributed by atoms with Crippen LogP contribution in [0.1, 0.15) is 33.9 Å². The van der Waals surface area contributed by atoms with Crippen LogP contribution >= 0.6 is 0 Å². The predicted octanol–water partition coefficient (Wildman–Crippen LogP) is 3.35. The van der Waals surface area contributed by atoms with Crippen LogP contribution < -0.4 is 5.32 Å². The summed E-state index contributed by atoms with van der Waals surface area (Å²) in [5.41, 5.74) is 2.10.